The number of hydrogen-bond donors (Lipinski definition) is 0. The van der Waals surface area contributed by atoms with Crippen LogP contribution in [0.4, 0.5) is 0 Å². The minimum Gasteiger partial charge on any atom is -0.455 e. The van der Waals surface area contributed by atoms with Gasteiger partial charge in [0.15, 0.2) is 0 Å². The second-order valence-corrected chi connectivity index (χ2v) is 11.7. The number of para-hydroxylation sites is 3. The van der Waals surface area contributed by atoms with Gasteiger partial charge in [-0.25, -0.2) is 0 Å². The van der Waals surface area contributed by atoms with Gasteiger partial charge in [0, 0.05) is 49.1 Å². The molecule has 192 valence electrons. The van der Waals surface area contributed by atoms with E-state index < -0.39 is 0 Å². The Balaban J connectivity index is 1.29. The lowest BCUT2D eigenvalue weighted by Gasteiger charge is -2.24. The highest BCUT2D eigenvalue weighted by atomic mass is 79.9. The molecule has 2 nitrogen and oxygen atoms in total. The van der Waals surface area contributed by atoms with E-state index in [0.29, 0.717) is 5.92 Å². The number of allylic oxidation sites excluding steroid dienone is 1. The lowest BCUT2D eigenvalue weighted by atomic mass is 9.84. The van der Waals surface area contributed by atoms with E-state index in [1.165, 1.54) is 60.9 Å². The fourth-order valence-corrected chi connectivity index (χ4v) is 6.76. The van der Waals surface area contributed by atoms with Gasteiger partial charge in [-0.05, 0) is 65.6 Å². The number of fused-ring (bicyclic) bond motifs is 6. The lowest BCUT2D eigenvalue weighted by molar-refractivity contribution is 0.666. The van der Waals surface area contributed by atoms with E-state index >= 15 is 0 Å². The standard InChI is InChI=1S/C37H26BrNO/c1-23-21-26(29-9-6-10-32-31-8-3-5-12-35(31)40-37(29)32)22-33-30-7-2-4-11-34(30)39(36(23)33)28-19-15-25(16-20-28)24-13-17-27(38)18-14-24/h2-20,22-23H,21H2,1H3. The summed E-state index contributed by atoms with van der Waals surface area (Å²) >= 11 is 3.54. The smallest absolute Gasteiger partial charge is 0.142 e. The van der Waals surface area contributed by atoms with E-state index in [1.54, 1.807) is 0 Å². The van der Waals surface area contributed by atoms with E-state index in [2.05, 4.69) is 143 Å². The summed E-state index contributed by atoms with van der Waals surface area (Å²) in [7, 11) is 0. The molecule has 1 unspecified atom stereocenters. The molecular formula is C37H26BrNO. The van der Waals surface area contributed by atoms with Crippen molar-refractivity contribution in [1.29, 1.82) is 0 Å². The van der Waals surface area contributed by atoms with Gasteiger partial charge in [0.2, 0.25) is 0 Å². The van der Waals surface area contributed by atoms with Crippen molar-refractivity contribution in [3.8, 4) is 16.8 Å². The summed E-state index contributed by atoms with van der Waals surface area (Å²) in [5, 5.41) is 3.64. The SMILES string of the molecule is CC1CC(c2cccc3c2oc2ccccc23)=Cc2c1n(-c1ccc(-c3ccc(Br)cc3)cc1)c1ccccc21. The zero-order chi connectivity index (χ0) is 26.8. The van der Waals surface area contributed by atoms with Gasteiger partial charge in [-0.15, -0.1) is 0 Å². The normalized spacial score (nSPS) is 15.1. The van der Waals surface area contributed by atoms with Crippen molar-refractivity contribution >= 4 is 60.4 Å². The molecule has 1 aliphatic rings. The van der Waals surface area contributed by atoms with E-state index in [1.807, 2.05) is 6.07 Å². The van der Waals surface area contributed by atoms with Gasteiger partial charge in [-0.3, -0.25) is 0 Å². The third kappa shape index (κ3) is 3.61. The molecule has 0 aliphatic heterocycles. The fraction of sp³-hybridized carbons (Fsp3) is 0.0811. The fourth-order valence-electron chi connectivity index (χ4n) is 6.49. The predicted octanol–water partition coefficient (Wildman–Crippen LogP) is 11.0. The molecule has 2 aromatic heterocycles. The lowest BCUT2D eigenvalue weighted by Crippen LogP contribution is -2.09. The van der Waals surface area contributed by atoms with Crippen LogP contribution < -0.4 is 0 Å². The number of aromatic nitrogens is 1. The average Bonchev–Trinajstić information content (AvgIpc) is 3.54. The van der Waals surface area contributed by atoms with Crippen molar-refractivity contribution in [2.75, 3.05) is 0 Å². The Kier molecular flexibility index (Phi) is 5.36. The summed E-state index contributed by atoms with van der Waals surface area (Å²) in [6, 6.07) is 41.2. The molecule has 0 bridgehead atoms. The molecule has 0 amide bonds. The summed E-state index contributed by atoms with van der Waals surface area (Å²) in [5.74, 6) is 0.341. The summed E-state index contributed by atoms with van der Waals surface area (Å²) < 4.78 is 9.99. The molecule has 0 saturated heterocycles. The predicted molar refractivity (Wildman–Crippen MR) is 171 cm³/mol. The molecule has 40 heavy (non-hydrogen) atoms. The van der Waals surface area contributed by atoms with Gasteiger partial charge in [-0.1, -0.05) is 102 Å². The number of rotatable bonds is 3. The van der Waals surface area contributed by atoms with Crippen molar-refractivity contribution in [3.05, 3.63) is 137 Å². The molecule has 0 saturated carbocycles. The summed E-state index contributed by atoms with van der Waals surface area (Å²) in [4.78, 5) is 0. The number of hydrogen-bond acceptors (Lipinski definition) is 1. The van der Waals surface area contributed by atoms with Crippen molar-refractivity contribution in [1.82, 2.24) is 4.57 Å². The quantitative estimate of drug-likeness (QED) is 0.203. The first-order chi connectivity index (χ1) is 19.7. The van der Waals surface area contributed by atoms with Crippen molar-refractivity contribution < 1.29 is 4.42 Å². The second kappa shape index (κ2) is 9.11. The Morgan fingerprint density at radius 1 is 0.700 bits per heavy atom. The molecule has 0 N–H and O–H groups in total. The van der Waals surface area contributed by atoms with Crippen LogP contribution in [-0.4, -0.2) is 4.57 Å². The Hall–Kier alpha value is -4.34. The highest BCUT2D eigenvalue weighted by Crippen LogP contribution is 2.46. The maximum atomic E-state index is 6.43. The Morgan fingerprint density at radius 2 is 1.38 bits per heavy atom. The Morgan fingerprint density at radius 3 is 2.17 bits per heavy atom. The first-order valence-electron chi connectivity index (χ1n) is 13.8. The van der Waals surface area contributed by atoms with Crippen LogP contribution in [-0.2, 0) is 0 Å². The van der Waals surface area contributed by atoms with Crippen LogP contribution in [0.15, 0.2) is 124 Å². The second-order valence-electron chi connectivity index (χ2n) is 10.8. The molecule has 8 rings (SSSR count). The molecule has 3 heteroatoms. The van der Waals surface area contributed by atoms with Gasteiger partial charge in [0.25, 0.3) is 0 Å². The summed E-state index contributed by atoms with van der Waals surface area (Å²) in [5.41, 5.74) is 12.0. The number of halogens is 1. The van der Waals surface area contributed by atoms with Crippen molar-refractivity contribution in [2.45, 2.75) is 19.3 Å². The zero-order valence-corrected chi connectivity index (χ0v) is 23.7. The highest BCUT2D eigenvalue weighted by molar-refractivity contribution is 9.10. The van der Waals surface area contributed by atoms with Gasteiger partial charge < -0.3 is 8.98 Å². The van der Waals surface area contributed by atoms with Crippen molar-refractivity contribution in [3.63, 3.8) is 0 Å². The van der Waals surface area contributed by atoms with E-state index in [4.69, 9.17) is 4.42 Å². The monoisotopic (exact) mass is 579 g/mol. The molecule has 0 spiro atoms. The average molecular weight is 581 g/mol. The molecule has 0 radical (unpaired) electrons. The molecule has 2 heterocycles. The first kappa shape index (κ1) is 23.5. The van der Waals surface area contributed by atoms with Gasteiger partial charge >= 0.3 is 0 Å². The maximum Gasteiger partial charge on any atom is 0.142 e. The Bertz CT molecular complexity index is 2090. The molecular weight excluding hydrogens is 554 g/mol. The third-order valence-electron chi connectivity index (χ3n) is 8.32. The van der Waals surface area contributed by atoms with E-state index in [0.717, 1.165) is 22.1 Å². The topological polar surface area (TPSA) is 18.1 Å². The van der Waals surface area contributed by atoms with Crippen LogP contribution >= 0.6 is 15.9 Å². The van der Waals surface area contributed by atoms with Crippen LogP contribution in [0.1, 0.15) is 36.1 Å². The third-order valence-corrected chi connectivity index (χ3v) is 8.85. The van der Waals surface area contributed by atoms with Crippen LogP contribution in [0.5, 0.6) is 0 Å². The number of benzene rings is 5. The number of nitrogens with zero attached hydrogens (tertiary/aromatic N) is 1. The molecule has 1 atom stereocenters. The van der Waals surface area contributed by atoms with Crippen molar-refractivity contribution in [2.24, 2.45) is 0 Å². The highest BCUT2D eigenvalue weighted by Gasteiger charge is 2.28. The van der Waals surface area contributed by atoms with Crippen LogP contribution in [0.3, 0.4) is 0 Å². The van der Waals surface area contributed by atoms with Crippen LogP contribution in [0.2, 0.25) is 0 Å². The summed E-state index contributed by atoms with van der Waals surface area (Å²) in [6.45, 7) is 2.36. The molecule has 5 aromatic carbocycles. The van der Waals surface area contributed by atoms with E-state index in [9.17, 15) is 0 Å². The molecule has 7 aromatic rings. The van der Waals surface area contributed by atoms with Gasteiger partial charge in [0.1, 0.15) is 11.2 Å². The first-order valence-corrected chi connectivity index (χ1v) is 14.6. The number of furan rings is 1. The van der Waals surface area contributed by atoms with Crippen LogP contribution in [0, 0.1) is 0 Å². The summed E-state index contributed by atoms with van der Waals surface area (Å²) in [6.07, 6.45) is 3.36. The van der Waals surface area contributed by atoms with E-state index in [-0.39, 0.29) is 0 Å². The zero-order valence-electron chi connectivity index (χ0n) is 22.1. The Labute approximate surface area is 241 Å². The molecule has 0 fully saturated rings. The largest absolute Gasteiger partial charge is 0.455 e. The van der Waals surface area contributed by atoms with Gasteiger partial charge in [0.05, 0.1) is 5.52 Å². The minimum atomic E-state index is 0.341. The van der Waals surface area contributed by atoms with Crippen LogP contribution in [0.25, 0.3) is 61.3 Å². The molecule has 1 aliphatic carbocycles. The maximum absolute atomic E-state index is 6.43. The minimum absolute atomic E-state index is 0.341. The van der Waals surface area contributed by atoms with Gasteiger partial charge in [-0.2, -0.15) is 0 Å².